The van der Waals surface area contributed by atoms with Crippen LogP contribution in [-0.2, 0) is 6.54 Å². The first-order valence-corrected chi connectivity index (χ1v) is 9.66. The Morgan fingerprint density at radius 2 is 1.67 bits per heavy atom. The lowest BCUT2D eigenvalue weighted by Crippen LogP contribution is -2.48. The lowest BCUT2D eigenvalue weighted by Gasteiger charge is -2.35. The third-order valence-electron chi connectivity index (χ3n) is 4.88. The molecule has 0 saturated carbocycles. The Bertz CT molecular complexity index is 959. The van der Waals surface area contributed by atoms with Gasteiger partial charge in [0.15, 0.2) is 0 Å². The second kappa shape index (κ2) is 7.85. The van der Waals surface area contributed by atoms with E-state index < -0.39 is 0 Å². The Hall–Kier alpha value is -2.14. The molecule has 4 rings (SSSR count). The van der Waals surface area contributed by atoms with E-state index >= 15 is 0 Å². The number of piperazine rings is 1. The minimum atomic E-state index is -0.0223. The van der Waals surface area contributed by atoms with Gasteiger partial charge in [0.1, 0.15) is 0 Å². The summed E-state index contributed by atoms with van der Waals surface area (Å²) in [4.78, 5) is 21.5. The number of halogens is 2. The van der Waals surface area contributed by atoms with E-state index in [-0.39, 0.29) is 5.91 Å². The van der Waals surface area contributed by atoms with Gasteiger partial charge in [-0.3, -0.25) is 14.7 Å². The Morgan fingerprint density at radius 1 is 0.963 bits per heavy atom. The van der Waals surface area contributed by atoms with Crippen molar-refractivity contribution in [3.8, 4) is 0 Å². The quantitative estimate of drug-likeness (QED) is 0.650. The maximum absolute atomic E-state index is 12.7. The minimum Gasteiger partial charge on any atom is -0.336 e. The van der Waals surface area contributed by atoms with E-state index in [4.69, 9.17) is 23.2 Å². The van der Waals surface area contributed by atoms with Gasteiger partial charge in [-0.25, -0.2) is 0 Å². The van der Waals surface area contributed by atoms with Crippen molar-refractivity contribution in [3.05, 3.63) is 75.9 Å². The van der Waals surface area contributed by atoms with Crippen LogP contribution in [0.25, 0.3) is 10.9 Å². The number of carbonyl (C=O) groups excluding carboxylic acids is 1. The topological polar surface area (TPSA) is 36.4 Å². The van der Waals surface area contributed by atoms with Gasteiger partial charge in [-0.1, -0.05) is 47.5 Å². The minimum absolute atomic E-state index is 0.0223. The number of hydrogen-bond donors (Lipinski definition) is 0. The van der Waals surface area contributed by atoms with Gasteiger partial charge in [0.25, 0.3) is 5.91 Å². The molecule has 4 nitrogen and oxygen atoms in total. The normalized spacial score (nSPS) is 15.3. The lowest BCUT2D eigenvalue weighted by molar-refractivity contribution is 0.0629. The van der Waals surface area contributed by atoms with E-state index in [1.54, 1.807) is 18.2 Å². The Labute approximate surface area is 168 Å². The molecule has 138 valence electrons. The summed E-state index contributed by atoms with van der Waals surface area (Å²) in [5.41, 5.74) is 2.81. The number of nitrogens with zero attached hydrogens (tertiary/aromatic N) is 3. The molecule has 6 heteroatoms. The van der Waals surface area contributed by atoms with Gasteiger partial charge in [-0.2, -0.15) is 0 Å². The van der Waals surface area contributed by atoms with Crippen LogP contribution in [0.3, 0.4) is 0 Å². The summed E-state index contributed by atoms with van der Waals surface area (Å²) in [6, 6.07) is 15.3. The number of aromatic nitrogens is 1. The van der Waals surface area contributed by atoms with Crippen molar-refractivity contribution in [1.82, 2.24) is 14.8 Å². The van der Waals surface area contributed by atoms with Crippen LogP contribution in [0.2, 0.25) is 10.0 Å². The summed E-state index contributed by atoms with van der Waals surface area (Å²) < 4.78 is 0. The van der Waals surface area contributed by atoms with Crippen molar-refractivity contribution in [2.45, 2.75) is 6.54 Å². The molecule has 0 aliphatic carbocycles. The number of rotatable bonds is 3. The number of fused-ring (bicyclic) bond motifs is 1. The monoisotopic (exact) mass is 399 g/mol. The van der Waals surface area contributed by atoms with E-state index in [1.165, 1.54) is 5.56 Å². The zero-order valence-electron chi connectivity index (χ0n) is 14.7. The van der Waals surface area contributed by atoms with Gasteiger partial charge in [0.05, 0.1) is 5.52 Å². The highest BCUT2D eigenvalue weighted by Crippen LogP contribution is 2.22. The molecule has 0 atom stereocenters. The van der Waals surface area contributed by atoms with E-state index in [9.17, 15) is 4.79 Å². The highest BCUT2D eigenvalue weighted by atomic mass is 35.5. The fraction of sp³-hybridized carbons (Fsp3) is 0.238. The molecule has 1 fully saturated rings. The summed E-state index contributed by atoms with van der Waals surface area (Å²) in [5.74, 6) is -0.0223. The maximum Gasteiger partial charge on any atom is 0.254 e. The van der Waals surface area contributed by atoms with Crippen LogP contribution < -0.4 is 0 Å². The molecule has 0 bridgehead atoms. The van der Waals surface area contributed by atoms with Gasteiger partial charge < -0.3 is 4.90 Å². The first kappa shape index (κ1) is 18.2. The predicted octanol–water partition coefficient (Wildman–Crippen LogP) is 4.50. The Balaban J connectivity index is 1.42. The summed E-state index contributed by atoms with van der Waals surface area (Å²) in [7, 11) is 0. The standard InChI is InChI=1S/C21H19Cl2N3O/c22-18-11-17(12-19(23)13-18)21(27)26-9-7-25(8-10-26)14-16-4-1-3-15-5-2-6-24-20(15)16/h1-6,11-13H,7-10,14H2. The smallest absolute Gasteiger partial charge is 0.254 e. The molecule has 1 aliphatic rings. The number of benzene rings is 2. The van der Waals surface area contributed by atoms with Gasteiger partial charge in [-0.15, -0.1) is 0 Å². The van der Waals surface area contributed by atoms with Crippen molar-refractivity contribution in [1.29, 1.82) is 0 Å². The number of pyridine rings is 1. The van der Waals surface area contributed by atoms with Gasteiger partial charge in [0.2, 0.25) is 0 Å². The highest BCUT2D eigenvalue weighted by Gasteiger charge is 2.23. The molecule has 1 saturated heterocycles. The third kappa shape index (κ3) is 4.08. The molecule has 27 heavy (non-hydrogen) atoms. The van der Waals surface area contributed by atoms with Gasteiger partial charge in [-0.05, 0) is 29.8 Å². The van der Waals surface area contributed by atoms with Crippen molar-refractivity contribution in [3.63, 3.8) is 0 Å². The molecule has 1 amide bonds. The van der Waals surface area contributed by atoms with E-state index in [0.29, 0.717) is 28.7 Å². The maximum atomic E-state index is 12.7. The van der Waals surface area contributed by atoms with Crippen molar-refractivity contribution >= 4 is 40.0 Å². The lowest BCUT2D eigenvalue weighted by atomic mass is 10.1. The zero-order chi connectivity index (χ0) is 18.8. The fourth-order valence-corrected chi connectivity index (χ4v) is 4.03. The highest BCUT2D eigenvalue weighted by molar-refractivity contribution is 6.35. The molecule has 2 aromatic carbocycles. The second-order valence-corrected chi connectivity index (χ2v) is 7.59. The molecule has 1 aliphatic heterocycles. The van der Waals surface area contributed by atoms with E-state index in [0.717, 1.165) is 30.5 Å². The SMILES string of the molecule is O=C(c1cc(Cl)cc(Cl)c1)N1CCN(Cc2cccc3cccnc23)CC1. The molecular formula is C21H19Cl2N3O. The number of amides is 1. The fourth-order valence-electron chi connectivity index (χ4n) is 3.50. The van der Waals surface area contributed by atoms with Gasteiger partial charge >= 0.3 is 0 Å². The summed E-state index contributed by atoms with van der Waals surface area (Å²) in [6.07, 6.45) is 1.83. The summed E-state index contributed by atoms with van der Waals surface area (Å²) in [5, 5.41) is 2.11. The van der Waals surface area contributed by atoms with Gasteiger partial charge in [0, 0.05) is 59.9 Å². The number of para-hydroxylation sites is 1. The molecule has 3 aromatic rings. The molecule has 1 aromatic heterocycles. The average Bonchev–Trinajstić information content (AvgIpc) is 2.68. The first-order chi connectivity index (χ1) is 13.1. The first-order valence-electron chi connectivity index (χ1n) is 8.90. The Kier molecular flexibility index (Phi) is 5.30. The van der Waals surface area contributed by atoms with Crippen LogP contribution in [-0.4, -0.2) is 46.9 Å². The van der Waals surface area contributed by atoms with Crippen molar-refractivity contribution in [2.24, 2.45) is 0 Å². The van der Waals surface area contributed by atoms with Crippen LogP contribution in [0.4, 0.5) is 0 Å². The Morgan fingerprint density at radius 3 is 2.41 bits per heavy atom. The van der Waals surface area contributed by atoms with Crippen LogP contribution >= 0.6 is 23.2 Å². The number of carbonyl (C=O) groups is 1. The largest absolute Gasteiger partial charge is 0.336 e. The van der Waals surface area contributed by atoms with Crippen molar-refractivity contribution in [2.75, 3.05) is 26.2 Å². The van der Waals surface area contributed by atoms with Crippen LogP contribution in [0.1, 0.15) is 15.9 Å². The molecule has 2 heterocycles. The summed E-state index contributed by atoms with van der Waals surface area (Å²) >= 11 is 12.0. The number of hydrogen-bond acceptors (Lipinski definition) is 3. The molecular weight excluding hydrogens is 381 g/mol. The van der Waals surface area contributed by atoms with Crippen LogP contribution in [0, 0.1) is 0 Å². The van der Waals surface area contributed by atoms with Crippen LogP contribution in [0.5, 0.6) is 0 Å². The molecule has 0 N–H and O–H groups in total. The molecule has 0 radical (unpaired) electrons. The average molecular weight is 400 g/mol. The predicted molar refractivity (Wildman–Crippen MR) is 109 cm³/mol. The second-order valence-electron chi connectivity index (χ2n) is 6.72. The zero-order valence-corrected chi connectivity index (χ0v) is 16.2. The van der Waals surface area contributed by atoms with Crippen molar-refractivity contribution < 1.29 is 4.79 Å². The van der Waals surface area contributed by atoms with Crippen LogP contribution in [0.15, 0.2) is 54.7 Å². The molecule has 0 spiro atoms. The van der Waals surface area contributed by atoms with E-state index in [1.807, 2.05) is 17.2 Å². The summed E-state index contributed by atoms with van der Waals surface area (Å²) in [6.45, 7) is 3.84. The third-order valence-corrected chi connectivity index (χ3v) is 5.32. The van der Waals surface area contributed by atoms with E-state index in [2.05, 4.69) is 34.1 Å². The molecule has 0 unspecified atom stereocenters.